The molecular formula is C19H25F3N4O2. The van der Waals surface area contributed by atoms with Crippen molar-refractivity contribution >= 4 is 5.91 Å². The van der Waals surface area contributed by atoms with Crippen LogP contribution in [0.4, 0.5) is 13.2 Å². The zero-order valence-corrected chi connectivity index (χ0v) is 15.7. The molecule has 0 spiro atoms. The molecule has 0 N–H and O–H groups in total. The fraction of sp³-hybridized carbons (Fsp3) is 0.737. The molecule has 1 unspecified atom stereocenters. The second kappa shape index (κ2) is 7.50. The molecule has 3 heterocycles. The Labute approximate surface area is 161 Å². The molecular weight excluding hydrogens is 373 g/mol. The highest BCUT2D eigenvalue weighted by atomic mass is 19.4. The molecule has 0 radical (unpaired) electrons. The van der Waals surface area contributed by atoms with E-state index >= 15 is 0 Å². The Morgan fingerprint density at radius 2 is 1.75 bits per heavy atom. The molecule has 2 saturated heterocycles. The lowest BCUT2D eigenvalue weighted by Crippen LogP contribution is -2.47. The topological polar surface area (TPSA) is 58.4 Å². The Hall–Kier alpha value is -1.90. The first-order chi connectivity index (χ1) is 13.3. The second-order valence-electron chi connectivity index (χ2n) is 8.24. The van der Waals surface area contributed by atoms with Gasteiger partial charge in [-0.2, -0.15) is 13.2 Å². The van der Waals surface area contributed by atoms with Crippen molar-refractivity contribution in [3.63, 3.8) is 0 Å². The van der Waals surface area contributed by atoms with Crippen LogP contribution >= 0.6 is 0 Å². The highest BCUT2D eigenvalue weighted by Gasteiger charge is 2.42. The lowest BCUT2D eigenvalue weighted by molar-refractivity contribution is -0.159. The number of hydrogen-bond donors (Lipinski definition) is 0. The van der Waals surface area contributed by atoms with Gasteiger partial charge in [0.2, 0.25) is 5.91 Å². The summed E-state index contributed by atoms with van der Waals surface area (Å²) in [6.07, 6.45) is 1.58. The predicted molar refractivity (Wildman–Crippen MR) is 95.8 cm³/mol. The molecule has 1 aromatic heterocycles. The van der Waals surface area contributed by atoms with Crippen molar-refractivity contribution in [2.24, 2.45) is 5.92 Å². The van der Waals surface area contributed by atoms with E-state index in [1.165, 1.54) is 0 Å². The lowest BCUT2D eigenvalue weighted by Gasteiger charge is -2.35. The number of piperidine rings is 1. The van der Waals surface area contributed by atoms with Gasteiger partial charge in [0.25, 0.3) is 5.56 Å². The second-order valence-corrected chi connectivity index (χ2v) is 8.24. The Morgan fingerprint density at radius 3 is 2.36 bits per heavy atom. The lowest BCUT2D eigenvalue weighted by atomic mass is 9.95. The summed E-state index contributed by atoms with van der Waals surface area (Å²) in [7, 11) is 0. The minimum atomic E-state index is -4.35. The summed E-state index contributed by atoms with van der Waals surface area (Å²) in [5, 5.41) is 0. The Bertz CT molecular complexity index is 782. The number of rotatable bonds is 5. The number of carbonyl (C=O) groups excluding carboxylic acids is 1. The van der Waals surface area contributed by atoms with E-state index in [4.69, 9.17) is 0 Å². The fourth-order valence-corrected chi connectivity index (χ4v) is 4.34. The Morgan fingerprint density at radius 1 is 1.04 bits per heavy atom. The summed E-state index contributed by atoms with van der Waals surface area (Å²) in [4.78, 5) is 31.9. The maximum atomic E-state index is 12.6. The molecule has 1 aromatic rings. The molecule has 28 heavy (non-hydrogen) atoms. The van der Waals surface area contributed by atoms with Crippen molar-refractivity contribution in [3.8, 4) is 0 Å². The molecule has 6 nitrogen and oxygen atoms in total. The molecule has 1 saturated carbocycles. The van der Waals surface area contributed by atoms with Crippen LogP contribution in [0.1, 0.15) is 43.7 Å². The van der Waals surface area contributed by atoms with Crippen LogP contribution in [0.2, 0.25) is 0 Å². The summed E-state index contributed by atoms with van der Waals surface area (Å²) in [5.74, 6) is 0.351. The van der Waals surface area contributed by atoms with Crippen LogP contribution in [-0.4, -0.2) is 63.7 Å². The standard InChI is InChI=1S/C19H25F3N4O2/c20-19(21,22)11-25-8-5-16(18(25)28)24-6-3-13(4-7-24)10-26-12-23-15(9-17(26)27)14-1-2-14/h9,12-14,16H,1-8,10-11H2. The minimum Gasteiger partial charge on any atom is -0.332 e. The van der Waals surface area contributed by atoms with Gasteiger partial charge in [-0.15, -0.1) is 0 Å². The minimum absolute atomic E-state index is 0.0203. The highest BCUT2D eigenvalue weighted by Crippen LogP contribution is 2.38. The van der Waals surface area contributed by atoms with E-state index in [9.17, 15) is 22.8 Å². The molecule has 1 amide bonds. The fourth-order valence-electron chi connectivity index (χ4n) is 4.34. The molecule has 3 fully saturated rings. The van der Waals surface area contributed by atoms with E-state index in [1.54, 1.807) is 17.0 Å². The first-order valence-electron chi connectivity index (χ1n) is 9.96. The van der Waals surface area contributed by atoms with Gasteiger partial charge in [-0.05, 0) is 51.1 Å². The van der Waals surface area contributed by atoms with Crippen LogP contribution in [0.15, 0.2) is 17.2 Å². The smallest absolute Gasteiger partial charge is 0.332 e. The van der Waals surface area contributed by atoms with Gasteiger partial charge in [0.1, 0.15) is 6.54 Å². The van der Waals surface area contributed by atoms with Crippen molar-refractivity contribution in [2.75, 3.05) is 26.2 Å². The number of alkyl halides is 3. The first-order valence-corrected chi connectivity index (χ1v) is 9.96. The SMILES string of the molecule is O=C1C(N2CCC(Cn3cnc(C4CC4)cc3=O)CC2)CCN1CC(F)(F)F. The van der Waals surface area contributed by atoms with Gasteiger partial charge in [-0.1, -0.05) is 0 Å². The number of amides is 1. The van der Waals surface area contributed by atoms with Gasteiger partial charge in [-0.3, -0.25) is 19.1 Å². The molecule has 0 bridgehead atoms. The van der Waals surface area contributed by atoms with E-state index in [0.29, 0.717) is 37.9 Å². The summed E-state index contributed by atoms with van der Waals surface area (Å²) in [5.41, 5.74) is 0.868. The predicted octanol–water partition coefficient (Wildman–Crippen LogP) is 2.00. The maximum Gasteiger partial charge on any atom is 0.406 e. The zero-order chi connectivity index (χ0) is 19.9. The van der Waals surface area contributed by atoms with E-state index in [1.807, 2.05) is 4.90 Å². The molecule has 154 valence electrons. The number of nitrogens with zero attached hydrogens (tertiary/aromatic N) is 4. The Balaban J connectivity index is 1.29. The van der Waals surface area contributed by atoms with Crippen LogP contribution in [0, 0.1) is 5.92 Å². The van der Waals surface area contributed by atoms with Crippen LogP contribution in [0.3, 0.4) is 0 Å². The van der Waals surface area contributed by atoms with Crippen LogP contribution < -0.4 is 5.56 Å². The summed E-state index contributed by atoms with van der Waals surface area (Å²) < 4.78 is 39.4. The maximum absolute atomic E-state index is 12.6. The zero-order valence-electron chi connectivity index (χ0n) is 15.7. The van der Waals surface area contributed by atoms with Crippen molar-refractivity contribution in [1.82, 2.24) is 19.4 Å². The van der Waals surface area contributed by atoms with Gasteiger partial charge in [0.15, 0.2) is 0 Å². The van der Waals surface area contributed by atoms with Crippen molar-refractivity contribution < 1.29 is 18.0 Å². The number of carbonyl (C=O) groups is 1. The first kappa shape index (κ1) is 19.4. The third-order valence-corrected chi connectivity index (χ3v) is 6.08. The van der Waals surface area contributed by atoms with Gasteiger partial charge in [-0.25, -0.2) is 4.98 Å². The molecule has 2 aliphatic heterocycles. The number of hydrogen-bond acceptors (Lipinski definition) is 4. The number of aromatic nitrogens is 2. The normalized spacial score (nSPS) is 24.9. The third-order valence-electron chi connectivity index (χ3n) is 6.08. The summed E-state index contributed by atoms with van der Waals surface area (Å²) in [6.45, 7) is 0.943. The third kappa shape index (κ3) is 4.39. The number of likely N-dealkylation sites (tertiary alicyclic amines) is 2. The average Bonchev–Trinajstić information content (AvgIpc) is 3.42. The Kier molecular flexibility index (Phi) is 5.20. The van der Waals surface area contributed by atoms with Crippen molar-refractivity contribution in [2.45, 2.75) is 56.8 Å². The molecule has 3 aliphatic rings. The monoisotopic (exact) mass is 398 g/mol. The summed E-state index contributed by atoms with van der Waals surface area (Å²) in [6, 6.07) is 1.20. The summed E-state index contributed by atoms with van der Waals surface area (Å²) >= 11 is 0. The van der Waals surface area contributed by atoms with Crippen molar-refractivity contribution in [1.29, 1.82) is 0 Å². The van der Waals surface area contributed by atoms with Crippen molar-refractivity contribution in [3.05, 3.63) is 28.4 Å². The van der Waals surface area contributed by atoms with Crippen LogP contribution in [0.5, 0.6) is 0 Å². The van der Waals surface area contributed by atoms with E-state index in [2.05, 4.69) is 4.98 Å². The number of halogens is 3. The largest absolute Gasteiger partial charge is 0.406 e. The molecule has 0 aromatic carbocycles. The van der Waals surface area contributed by atoms with Gasteiger partial charge in [0, 0.05) is 25.1 Å². The quantitative estimate of drug-likeness (QED) is 0.761. The molecule has 1 aliphatic carbocycles. The van der Waals surface area contributed by atoms with E-state index < -0.39 is 24.7 Å². The van der Waals surface area contributed by atoms with Crippen LogP contribution in [0.25, 0.3) is 0 Å². The molecule has 9 heteroatoms. The van der Waals surface area contributed by atoms with Crippen LogP contribution in [-0.2, 0) is 11.3 Å². The van der Waals surface area contributed by atoms with E-state index in [-0.39, 0.29) is 12.1 Å². The molecule has 4 rings (SSSR count). The van der Waals surface area contributed by atoms with Gasteiger partial charge >= 0.3 is 6.18 Å². The van der Waals surface area contributed by atoms with Gasteiger partial charge in [0.05, 0.1) is 18.1 Å². The highest BCUT2D eigenvalue weighted by molar-refractivity contribution is 5.84. The van der Waals surface area contributed by atoms with Gasteiger partial charge < -0.3 is 4.90 Å². The molecule has 1 atom stereocenters. The average molecular weight is 398 g/mol. The van der Waals surface area contributed by atoms with E-state index in [0.717, 1.165) is 36.3 Å².